The number of carbonyl (C=O) groups is 1. The van der Waals surface area contributed by atoms with Crippen LogP contribution in [0.25, 0.3) is 0 Å². The number of aromatic hydroxyl groups is 4. The van der Waals surface area contributed by atoms with Gasteiger partial charge in [-0.05, 0) is 24.5 Å². The van der Waals surface area contributed by atoms with Crippen molar-refractivity contribution in [1.29, 1.82) is 0 Å². The number of aromatic carboxylic acids is 1. The summed E-state index contributed by atoms with van der Waals surface area (Å²) in [6, 6.07) is 3.43. The van der Waals surface area contributed by atoms with Gasteiger partial charge in [-0.2, -0.15) is 20.2 Å². The van der Waals surface area contributed by atoms with Crippen molar-refractivity contribution in [3.8, 4) is 23.0 Å². The van der Waals surface area contributed by atoms with E-state index in [9.17, 15) is 38.2 Å². The lowest BCUT2D eigenvalue weighted by molar-refractivity contribution is 0.0693. The first-order valence-corrected chi connectivity index (χ1v) is 9.55. The number of hydrogen-bond acceptors (Lipinski definition) is 8. The van der Waals surface area contributed by atoms with Crippen LogP contribution in [0.5, 0.6) is 23.0 Å². The van der Waals surface area contributed by atoms with Crippen molar-refractivity contribution in [3.05, 3.63) is 41.0 Å². The summed E-state index contributed by atoms with van der Waals surface area (Å²) in [4.78, 5) is 10.1. The van der Waals surface area contributed by atoms with E-state index in [1.807, 2.05) is 0 Å². The number of thioether (sulfide) groups is 1. The van der Waals surface area contributed by atoms with Crippen LogP contribution in [0.2, 0.25) is 0 Å². The zero-order chi connectivity index (χ0) is 19.8. The van der Waals surface area contributed by atoms with E-state index in [1.165, 1.54) is 6.26 Å². The molecule has 11 heteroatoms. The molecule has 0 heterocycles. The van der Waals surface area contributed by atoms with Crippen LogP contribution in [0.1, 0.15) is 26.7 Å². The molecule has 0 spiro atoms. The smallest absolute Gasteiger partial charge is 0.339 e. The van der Waals surface area contributed by atoms with Gasteiger partial charge in [0.25, 0.3) is 10.1 Å². The number of rotatable bonds is 5. The lowest BCUT2D eigenvalue weighted by Crippen LogP contribution is -2.05. The lowest BCUT2D eigenvalue weighted by atomic mass is 9.99. The van der Waals surface area contributed by atoms with E-state index in [0.717, 1.165) is 30.0 Å². The lowest BCUT2D eigenvalue weighted by Gasteiger charge is -2.20. The van der Waals surface area contributed by atoms with Crippen LogP contribution in [0.15, 0.2) is 29.2 Å². The van der Waals surface area contributed by atoms with Gasteiger partial charge in [0.15, 0.2) is 0 Å². The second-order valence-corrected chi connectivity index (χ2v) is 7.54. The molecule has 2 aromatic carbocycles. The summed E-state index contributed by atoms with van der Waals surface area (Å²) < 4.78 is 31.9. The highest BCUT2D eigenvalue weighted by Crippen LogP contribution is 2.46. The summed E-state index contributed by atoms with van der Waals surface area (Å²) in [5.41, 5.74) is -0.769. The molecule has 2 aromatic rings. The molecule has 1 atom stereocenters. The summed E-state index contributed by atoms with van der Waals surface area (Å²) in [6.07, 6.45) is 1.53. The summed E-state index contributed by atoms with van der Waals surface area (Å²) >= 11 is 0.989. The molecule has 0 saturated carbocycles. The predicted molar refractivity (Wildman–Crippen MR) is 91.7 cm³/mol. The van der Waals surface area contributed by atoms with Crippen LogP contribution in [0.3, 0.4) is 0 Å². The SMILES string of the molecule is CSC(c1cc(O)c(C(=O)O)cc1O)c1cc(O)cc(S(=O)(=O)O)c1O. The Morgan fingerprint density at radius 3 is 2.12 bits per heavy atom. The first kappa shape index (κ1) is 19.7. The van der Waals surface area contributed by atoms with Gasteiger partial charge in [0.2, 0.25) is 0 Å². The number of phenolic OH excluding ortho intramolecular Hbond substituents is 3. The number of benzene rings is 2. The molecular weight excluding hydrogens is 388 g/mol. The van der Waals surface area contributed by atoms with E-state index in [0.29, 0.717) is 6.07 Å². The highest BCUT2D eigenvalue weighted by Gasteiger charge is 2.28. The molecule has 0 aliphatic heterocycles. The molecule has 0 fully saturated rings. The van der Waals surface area contributed by atoms with Gasteiger partial charge in [0.1, 0.15) is 33.5 Å². The topological polar surface area (TPSA) is 173 Å². The van der Waals surface area contributed by atoms with Crippen molar-refractivity contribution in [2.45, 2.75) is 10.1 Å². The van der Waals surface area contributed by atoms with E-state index in [1.54, 1.807) is 0 Å². The quantitative estimate of drug-likeness (QED) is 0.320. The van der Waals surface area contributed by atoms with Crippen LogP contribution < -0.4 is 0 Å². The van der Waals surface area contributed by atoms with Crippen LogP contribution in [-0.4, -0.2) is 50.7 Å². The Kier molecular flexibility index (Phi) is 5.26. The molecule has 0 aromatic heterocycles. The van der Waals surface area contributed by atoms with Crippen molar-refractivity contribution >= 4 is 27.8 Å². The van der Waals surface area contributed by atoms with Gasteiger partial charge in [0, 0.05) is 17.2 Å². The fourth-order valence-corrected chi connectivity index (χ4v) is 3.91. The summed E-state index contributed by atoms with van der Waals surface area (Å²) in [5, 5.41) is 47.8. The molecule has 0 radical (unpaired) electrons. The maximum Gasteiger partial charge on any atom is 0.339 e. The average Bonchev–Trinajstić information content (AvgIpc) is 2.52. The molecule has 140 valence electrons. The molecule has 0 bridgehead atoms. The van der Waals surface area contributed by atoms with Gasteiger partial charge >= 0.3 is 5.97 Å². The van der Waals surface area contributed by atoms with Gasteiger partial charge in [-0.1, -0.05) is 0 Å². The Bertz CT molecular complexity index is 983. The Balaban J connectivity index is 2.73. The fourth-order valence-electron chi connectivity index (χ4n) is 2.41. The van der Waals surface area contributed by atoms with E-state index >= 15 is 0 Å². The largest absolute Gasteiger partial charge is 0.508 e. The van der Waals surface area contributed by atoms with Crippen molar-refractivity contribution < 1.29 is 43.3 Å². The molecule has 2 rings (SSSR count). The molecule has 9 nitrogen and oxygen atoms in total. The van der Waals surface area contributed by atoms with Gasteiger partial charge in [0.05, 0.1) is 5.25 Å². The number of carboxylic acid groups (broad SMARTS) is 1. The van der Waals surface area contributed by atoms with Crippen LogP contribution >= 0.6 is 11.8 Å². The average molecular weight is 402 g/mol. The van der Waals surface area contributed by atoms with Gasteiger partial charge in [-0.25, -0.2) is 4.79 Å². The summed E-state index contributed by atoms with van der Waals surface area (Å²) in [6.45, 7) is 0. The molecule has 0 aliphatic carbocycles. The highest BCUT2D eigenvalue weighted by atomic mass is 32.2. The molecule has 1 unspecified atom stereocenters. The molecule has 26 heavy (non-hydrogen) atoms. The van der Waals surface area contributed by atoms with E-state index in [4.69, 9.17) is 5.11 Å². The zero-order valence-corrected chi connectivity index (χ0v) is 14.7. The molecule has 0 saturated heterocycles. The maximum atomic E-state index is 11.4. The Morgan fingerprint density at radius 1 is 1.00 bits per heavy atom. The third-order valence-corrected chi connectivity index (χ3v) is 5.39. The predicted octanol–water partition coefficient (Wildman–Crippen LogP) is 1.91. The second-order valence-electron chi connectivity index (χ2n) is 5.21. The second kappa shape index (κ2) is 6.94. The Morgan fingerprint density at radius 2 is 1.62 bits per heavy atom. The molecule has 0 aliphatic rings. The Labute approximate surface area is 151 Å². The summed E-state index contributed by atoms with van der Waals surface area (Å²) in [7, 11) is -4.85. The number of phenols is 4. The first-order valence-electron chi connectivity index (χ1n) is 6.82. The van der Waals surface area contributed by atoms with Crippen molar-refractivity contribution in [2.75, 3.05) is 6.26 Å². The van der Waals surface area contributed by atoms with Gasteiger partial charge < -0.3 is 25.5 Å². The van der Waals surface area contributed by atoms with Crippen LogP contribution in [-0.2, 0) is 10.1 Å². The number of hydrogen-bond donors (Lipinski definition) is 6. The van der Waals surface area contributed by atoms with Crippen LogP contribution in [0, 0.1) is 0 Å². The first-order chi connectivity index (χ1) is 12.0. The van der Waals surface area contributed by atoms with Crippen molar-refractivity contribution in [2.24, 2.45) is 0 Å². The minimum absolute atomic E-state index is 0.0396. The van der Waals surface area contributed by atoms with Gasteiger partial charge in [-0.3, -0.25) is 4.55 Å². The van der Waals surface area contributed by atoms with Crippen molar-refractivity contribution in [1.82, 2.24) is 0 Å². The third kappa shape index (κ3) is 3.64. The number of carboxylic acids is 1. The van der Waals surface area contributed by atoms with Crippen molar-refractivity contribution in [3.63, 3.8) is 0 Å². The zero-order valence-electron chi connectivity index (χ0n) is 13.1. The maximum absolute atomic E-state index is 11.4. The third-order valence-electron chi connectivity index (χ3n) is 3.54. The Hall–Kier alpha value is -2.63. The highest BCUT2D eigenvalue weighted by molar-refractivity contribution is 7.99. The van der Waals surface area contributed by atoms with E-state index < -0.39 is 54.8 Å². The standard InChI is InChI=1S/C15H14O9S2/c1-25-14(7-4-11(18)8(15(20)21)5-10(7)17)9-2-6(16)3-12(13(9)19)26(22,23)24/h2-5,14,16-19H,1H3,(H,20,21)(H,22,23,24). The van der Waals surface area contributed by atoms with E-state index in [2.05, 4.69) is 0 Å². The molecule has 0 amide bonds. The van der Waals surface area contributed by atoms with Crippen LogP contribution in [0.4, 0.5) is 0 Å². The normalized spacial score (nSPS) is 12.7. The molecule has 6 N–H and O–H groups in total. The van der Waals surface area contributed by atoms with E-state index in [-0.39, 0.29) is 11.1 Å². The minimum Gasteiger partial charge on any atom is -0.508 e. The fraction of sp³-hybridized carbons (Fsp3) is 0.133. The monoisotopic (exact) mass is 402 g/mol. The summed E-state index contributed by atoms with van der Waals surface area (Å²) in [5.74, 6) is -4.09. The molecular formula is C15H14O9S2. The minimum atomic E-state index is -4.85. The van der Waals surface area contributed by atoms with Gasteiger partial charge in [-0.15, -0.1) is 0 Å².